The van der Waals surface area contributed by atoms with Crippen LogP contribution in [0.15, 0.2) is 54.7 Å². The molecule has 0 aliphatic rings. The number of rotatable bonds is 6. The summed E-state index contributed by atoms with van der Waals surface area (Å²) >= 11 is 0. The van der Waals surface area contributed by atoms with Crippen molar-refractivity contribution in [1.82, 2.24) is 4.98 Å². The lowest BCUT2D eigenvalue weighted by atomic mass is 10.1. The molecular weight excluding hydrogens is 290 g/mol. The van der Waals surface area contributed by atoms with Gasteiger partial charge in [0.2, 0.25) is 0 Å². The number of carbonyl (C=O) groups is 1. The third-order valence-corrected chi connectivity index (χ3v) is 3.58. The van der Waals surface area contributed by atoms with Crippen LogP contribution >= 0.6 is 0 Å². The first-order chi connectivity index (χ1) is 11.3. The zero-order chi connectivity index (χ0) is 16.1. The second-order valence-corrected chi connectivity index (χ2v) is 5.19. The summed E-state index contributed by atoms with van der Waals surface area (Å²) in [6.07, 6.45) is 2.59. The SMILES string of the molecule is NCCCOc1ccccc1NC(=O)c1cccc2[nH]ccc12. The Bertz CT molecular complexity index is 811. The standard InChI is InChI=1S/C18H19N3O2/c19-10-4-12-23-17-8-2-1-6-16(17)21-18(22)14-5-3-7-15-13(14)9-11-20-15/h1-3,5-9,11,20H,4,10,12,19H2,(H,21,22). The number of aromatic nitrogens is 1. The third kappa shape index (κ3) is 3.35. The van der Waals surface area contributed by atoms with Crippen molar-refractivity contribution in [2.45, 2.75) is 6.42 Å². The maximum Gasteiger partial charge on any atom is 0.256 e. The molecule has 0 aliphatic heterocycles. The van der Waals surface area contributed by atoms with Gasteiger partial charge in [-0.05, 0) is 43.3 Å². The number of aromatic amines is 1. The molecule has 0 atom stereocenters. The van der Waals surface area contributed by atoms with Crippen molar-refractivity contribution in [3.8, 4) is 5.75 Å². The largest absolute Gasteiger partial charge is 0.491 e. The van der Waals surface area contributed by atoms with Gasteiger partial charge in [0.25, 0.3) is 5.91 Å². The summed E-state index contributed by atoms with van der Waals surface area (Å²) in [5.41, 5.74) is 7.69. The van der Waals surface area contributed by atoms with Gasteiger partial charge in [0.15, 0.2) is 0 Å². The molecule has 0 saturated carbocycles. The molecule has 0 unspecified atom stereocenters. The quantitative estimate of drug-likeness (QED) is 0.612. The molecule has 0 radical (unpaired) electrons. The lowest BCUT2D eigenvalue weighted by molar-refractivity contribution is 0.102. The first-order valence-corrected chi connectivity index (χ1v) is 7.59. The number of nitrogens with two attached hydrogens (primary N) is 1. The van der Waals surface area contributed by atoms with Crippen molar-refractivity contribution >= 4 is 22.5 Å². The van der Waals surface area contributed by atoms with E-state index < -0.39 is 0 Å². The van der Waals surface area contributed by atoms with E-state index in [0.717, 1.165) is 17.3 Å². The number of anilines is 1. The lowest BCUT2D eigenvalue weighted by Gasteiger charge is -2.12. The Kier molecular flexibility index (Phi) is 4.59. The van der Waals surface area contributed by atoms with Crippen LogP contribution in [-0.2, 0) is 0 Å². The Morgan fingerprint density at radius 2 is 2.00 bits per heavy atom. The number of fused-ring (bicyclic) bond motifs is 1. The van der Waals surface area contributed by atoms with Gasteiger partial charge in [0, 0.05) is 22.7 Å². The molecule has 1 heterocycles. The zero-order valence-electron chi connectivity index (χ0n) is 12.7. The summed E-state index contributed by atoms with van der Waals surface area (Å²) in [5.74, 6) is 0.487. The second kappa shape index (κ2) is 6.98. The van der Waals surface area contributed by atoms with Gasteiger partial charge in [-0.3, -0.25) is 4.79 Å². The Labute approximate surface area is 134 Å². The molecule has 0 saturated heterocycles. The number of ether oxygens (including phenoxy) is 1. The minimum Gasteiger partial charge on any atom is -0.491 e. The van der Waals surface area contributed by atoms with Crippen LogP contribution in [0.4, 0.5) is 5.69 Å². The number of para-hydroxylation sites is 2. The average molecular weight is 309 g/mol. The summed E-state index contributed by atoms with van der Waals surface area (Å²) in [6, 6.07) is 14.9. The molecule has 23 heavy (non-hydrogen) atoms. The summed E-state index contributed by atoms with van der Waals surface area (Å²) in [6.45, 7) is 1.10. The molecule has 4 N–H and O–H groups in total. The summed E-state index contributed by atoms with van der Waals surface area (Å²) in [7, 11) is 0. The molecule has 0 fully saturated rings. The van der Waals surface area contributed by atoms with Gasteiger partial charge in [-0.15, -0.1) is 0 Å². The van der Waals surface area contributed by atoms with E-state index >= 15 is 0 Å². The van der Waals surface area contributed by atoms with Crippen molar-refractivity contribution in [2.24, 2.45) is 5.73 Å². The number of nitrogens with one attached hydrogen (secondary N) is 2. The normalized spacial score (nSPS) is 10.7. The molecule has 0 spiro atoms. The van der Waals surface area contributed by atoms with Crippen LogP contribution in [-0.4, -0.2) is 24.0 Å². The fourth-order valence-electron chi connectivity index (χ4n) is 2.43. The predicted octanol–water partition coefficient (Wildman–Crippen LogP) is 3.15. The first-order valence-electron chi connectivity index (χ1n) is 7.59. The van der Waals surface area contributed by atoms with Gasteiger partial charge >= 0.3 is 0 Å². The Morgan fingerprint density at radius 3 is 2.87 bits per heavy atom. The van der Waals surface area contributed by atoms with Crippen LogP contribution in [0.2, 0.25) is 0 Å². The van der Waals surface area contributed by atoms with Crippen LogP contribution in [0, 0.1) is 0 Å². The molecule has 3 rings (SSSR count). The number of H-pyrrole nitrogens is 1. The van der Waals surface area contributed by atoms with Gasteiger partial charge in [-0.1, -0.05) is 18.2 Å². The van der Waals surface area contributed by atoms with E-state index in [1.165, 1.54) is 0 Å². The van der Waals surface area contributed by atoms with Crippen molar-refractivity contribution < 1.29 is 9.53 Å². The molecule has 5 heteroatoms. The minimum absolute atomic E-state index is 0.162. The second-order valence-electron chi connectivity index (χ2n) is 5.19. The number of amides is 1. The predicted molar refractivity (Wildman–Crippen MR) is 91.9 cm³/mol. The molecular formula is C18H19N3O2. The first kappa shape index (κ1) is 15.1. The van der Waals surface area contributed by atoms with Crippen LogP contribution in [0.3, 0.4) is 0 Å². The third-order valence-electron chi connectivity index (χ3n) is 3.58. The molecule has 3 aromatic rings. The highest BCUT2D eigenvalue weighted by Gasteiger charge is 2.13. The Morgan fingerprint density at radius 1 is 1.13 bits per heavy atom. The molecule has 2 aromatic carbocycles. The molecule has 118 valence electrons. The summed E-state index contributed by atoms with van der Waals surface area (Å²) in [4.78, 5) is 15.7. The average Bonchev–Trinajstić information content (AvgIpc) is 3.05. The monoisotopic (exact) mass is 309 g/mol. The number of carbonyl (C=O) groups excluding carboxylic acids is 1. The van der Waals surface area contributed by atoms with Crippen molar-refractivity contribution in [2.75, 3.05) is 18.5 Å². The molecule has 1 amide bonds. The fourth-order valence-corrected chi connectivity index (χ4v) is 2.43. The van der Waals surface area contributed by atoms with E-state index in [4.69, 9.17) is 10.5 Å². The maximum absolute atomic E-state index is 12.6. The topological polar surface area (TPSA) is 80.1 Å². The fraction of sp³-hybridized carbons (Fsp3) is 0.167. The van der Waals surface area contributed by atoms with Crippen molar-refractivity contribution in [3.05, 3.63) is 60.3 Å². The highest BCUT2D eigenvalue weighted by molar-refractivity contribution is 6.12. The molecule has 1 aromatic heterocycles. The highest BCUT2D eigenvalue weighted by atomic mass is 16.5. The van der Waals surface area contributed by atoms with Crippen molar-refractivity contribution in [3.63, 3.8) is 0 Å². The highest BCUT2D eigenvalue weighted by Crippen LogP contribution is 2.25. The maximum atomic E-state index is 12.6. The summed E-state index contributed by atoms with van der Waals surface area (Å²) < 4.78 is 5.69. The van der Waals surface area contributed by atoms with Crippen LogP contribution in [0.25, 0.3) is 10.9 Å². The smallest absolute Gasteiger partial charge is 0.256 e. The van der Waals surface area contributed by atoms with Crippen molar-refractivity contribution in [1.29, 1.82) is 0 Å². The van der Waals surface area contributed by atoms with Gasteiger partial charge in [0.1, 0.15) is 5.75 Å². The molecule has 0 aliphatic carbocycles. The number of hydrogen-bond acceptors (Lipinski definition) is 3. The van der Waals surface area contributed by atoms with E-state index in [2.05, 4.69) is 10.3 Å². The summed E-state index contributed by atoms with van der Waals surface area (Å²) in [5, 5.41) is 3.82. The van der Waals surface area contributed by atoms with E-state index in [1.54, 1.807) is 0 Å². The van der Waals surface area contributed by atoms with Gasteiger partial charge in [-0.2, -0.15) is 0 Å². The van der Waals surface area contributed by atoms with E-state index in [9.17, 15) is 4.79 Å². The van der Waals surface area contributed by atoms with Gasteiger partial charge in [0.05, 0.1) is 12.3 Å². The zero-order valence-corrected chi connectivity index (χ0v) is 12.7. The van der Waals surface area contributed by atoms with Crippen LogP contribution in [0.5, 0.6) is 5.75 Å². The lowest BCUT2D eigenvalue weighted by Crippen LogP contribution is -2.14. The van der Waals surface area contributed by atoms with E-state index in [-0.39, 0.29) is 5.91 Å². The Hall–Kier alpha value is -2.79. The Balaban J connectivity index is 1.81. The van der Waals surface area contributed by atoms with Gasteiger partial charge < -0.3 is 20.8 Å². The van der Waals surface area contributed by atoms with Crippen LogP contribution in [0.1, 0.15) is 16.8 Å². The molecule has 0 bridgehead atoms. The number of benzene rings is 2. The number of hydrogen-bond donors (Lipinski definition) is 3. The van der Waals surface area contributed by atoms with Gasteiger partial charge in [-0.25, -0.2) is 0 Å². The van der Waals surface area contributed by atoms with E-state index in [1.807, 2.05) is 54.7 Å². The van der Waals surface area contributed by atoms with E-state index in [0.29, 0.717) is 30.2 Å². The van der Waals surface area contributed by atoms with Crippen LogP contribution < -0.4 is 15.8 Å². The molecule has 5 nitrogen and oxygen atoms in total. The minimum atomic E-state index is -0.162.